The van der Waals surface area contributed by atoms with Gasteiger partial charge in [0.25, 0.3) is 0 Å². The zero-order valence-electron chi connectivity index (χ0n) is 11.6. The first-order valence-electron chi connectivity index (χ1n) is 6.08. The molecule has 1 heterocycles. The van der Waals surface area contributed by atoms with E-state index in [9.17, 15) is 0 Å². The van der Waals surface area contributed by atoms with E-state index in [0.717, 1.165) is 16.5 Å². The Kier molecular flexibility index (Phi) is 4.84. The van der Waals surface area contributed by atoms with Gasteiger partial charge in [0.1, 0.15) is 17.2 Å². The van der Waals surface area contributed by atoms with Gasteiger partial charge in [0, 0.05) is 35.3 Å². The van der Waals surface area contributed by atoms with E-state index in [4.69, 9.17) is 14.2 Å². The molecule has 0 N–H and O–H groups in total. The predicted octanol–water partition coefficient (Wildman–Crippen LogP) is 4.09. The van der Waals surface area contributed by atoms with Gasteiger partial charge in [-0.15, -0.1) is 0 Å². The highest BCUT2D eigenvalue weighted by molar-refractivity contribution is 9.08. The monoisotopic (exact) mass is 337 g/mol. The molecule has 0 spiro atoms. The highest BCUT2D eigenvalue weighted by atomic mass is 79.9. The van der Waals surface area contributed by atoms with E-state index < -0.39 is 0 Å². The van der Waals surface area contributed by atoms with Crippen molar-refractivity contribution in [2.45, 2.75) is 12.3 Å². The summed E-state index contributed by atoms with van der Waals surface area (Å²) in [7, 11) is 3.21. The number of aromatic nitrogens is 1. The minimum Gasteiger partial charge on any atom is -0.496 e. The van der Waals surface area contributed by atoms with Gasteiger partial charge in [-0.25, -0.2) is 4.98 Å². The third-order valence-corrected chi connectivity index (χ3v) is 3.43. The Bertz CT molecular complexity index is 579. The Morgan fingerprint density at radius 2 is 1.60 bits per heavy atom. The van der Waals surface area contributed by atoms with Crippen LogP contribution in [0.4, 0.5) is 0 Å². The minimum absolute atomic E-state index is 0.574. The molecule has 0 saturated heterocycles. The van der Waals surface area contributed by atoms with Gasteiger partial charge >= 0.3 is 0 Å². The first-order chi connectivity index (χ1) is 9.66. The van der Waals surface area contributed by atoms with Crippen molar-refractivity contribution in [2.75, 3.05) is 14.2 Å². The van der Waals surface area contributed by atoms with E-state index in [0.29, 0.717) is 23.1 Å². The summed E-state index contributed by atoms with van der Waals surface area (Å²) < 4.78 is 16.2. The molecule has 0 atom stereocenters. The number of aryl methyl sites for hydroxylation is 1. The smallest absolute Gasteiger partial charge is 0.222 e. The van der Waals surface area contributed by atoms with Gasteiger partial charge in [-0.3, -0.25) is 0 Å². The van der Waals surface area contributed by atoms with Crippen molar-refractivity contribution < 1.29 is 14.2 Å². The average Bonchev–Trinajstić information content (AvgIpc) is 2.48. The van der Waals surface area contributed by atoms with Crippen molar-refractivity contribution in [1.29, 1.82) is 0 Å². The normalized spacial score (nSPS) is 10.2. The predicted molar refractivity (Wildman–Crippen MR) is 81.2 cm³/mol. The summed E-state index contributed by atoms with van der Waals surface area (Å²) in [6.07, 6.45) is 1.79. The lowest BCUT2D eigenvalue weighted by Gasteiger charge is -2.11. The maximum absolute atomic E-state index is 5.81. The number of ether oxygens (including phenoxy) is 3. The Labute approximate surface area is 126 Å². The molecule has 1 aromatic carbocycles. The first kappa shape index (κ1) is 14.7. The number of pyridine rings is 1. The molecule has 0 fully saturated rings. The molecule has 20 heavy (non-hydrogen) atoms. The summed E-state index contributed by atoms with van der Waals surface area (Å²) in [5.41, 5.74) is 2.09. The van der Waals surface area contributed by atoms with Crippen molar-refractivity contribution in [3.05, 3.63) is 41.6 Å². The molecule has 0 unspecified atom stereocenters. The number of hydrogen-bond acceptors (Lipinski definition) is 4. The Hall–Kier alpha value is -1.75. The van der Waals surface area contributed by atoms with Crippen LogP contribution in [-0.2, 0) is 5.33 Å². The largest absolute Gasteiger partial charge is 0.496 e. The molecule has 0 saturated carbocycles. The maximum Gasteiger partial charge on any atom is 0.222 e. The number of rotatable bonds is 5. The lowest BCUT2D eigenvalue weighted by atomic mass is 10.2. The molecule has 0 bridgehead atoms. The van der Waals surface area contributed by atoms with Crippen LogP contribution in [0.1, 0.15) is 11.1 Å². The summed E-state index contributed by atoms with van der Waals surface area (Å²) in [5, 5.41) is 0.772. The number of benzene rings is 1. The third kappa shape index (κ3) is 3.42. The number of halogens is 1. The summed E-state index contributed by atoms with van der Waals surface area (Å²) >= 11 is 3.41. The Balaban J connectivity index is 2.29. The lowest BCUT2D eigenvalue weighted by Crippen LogP contribution is -1.94. The van der Waals surface area contributed by atoms with Gasteiger partial charge in [-0.1, -0.05) is 15.9 Å². The van der Waals surface area contributed by atoms with E-state index >= 15 is 0 Å². The fourth-order valence-electron chi connectivity index (χ4n) is 1.75. The second-order valence-corrected chi connectivity index (χ2v) is 4.81. The number of hydrogen-bond donors (Lipinski definition) is 0. The number of alkyl halides is 1. The Morgan fingerprint density at radius 3 is 2.10 bits per heavy atom. The van der Waals surface area contributed by atoms with Crippen LogP contribution in [0, 0.1) is 6.92 Å². The van der Waals surface area contributed by atoms with Gasteiger partial charge in [0.15, 0.2) is 0 Å². The quantitative estimate of drug-likeness (QED) is 0.770. The first-order valence-corrected chi connectivity index (χ1v) is 7.21. The van der Waals surface area contributed by atoms with Gasteiger partial charge in [-0.05, 0) is 18.6 Å². The second kappa shape index (κ2) is 6.61. The van der Waals surface area contributed by atoms with Gasteiger partial charge in [-0.2, -0.15) is 0 Å². The van der Waals surface area contributed by atoms with E-state index in [-0.39, 0.29) is 0 Å². The summed E-state index contributed by atoms with van der Waals surface area (Å²) in [6.45, 7) is 1.96. The van der Waals surface area contributed by atoms with Crippen molar-refractivity contribution in [1.82, 2.24) is 4.98 Å². The topological polar surface area (TPSA) is 40.6 Å². The molecule has 0 amide bonds. The van der Waals surface area contributed by atoms with Gasteiger partial charge in [0.05, 0.1) is 14.2 Å². The SMILES string of the molecule is COc1cc(OC)cc(Oc2ncc(CBr)cc2C)c1. The van der Waals surface area contributed by atoms with Crippen LogP contribution in [-0.4, -0.2) is 19.2 Å². The molecule has 1 aromatic heterocycles. The summed E-state index contributed by atoms with van der Waals surface area (Å²) in [4.78, 5) is 4.32. The van der Waals surface area contributed by atoms with Crippen LogP contribution in [0.15, 0.2) is 30.5 Å². The zero-order chi connectivity index (χ0) is 14.5. The van der Waals surface area contributed by atoms with Crippen molar-refractivity contribution >= 4 is 15.9 Å². The molecule has 0 aliphatic carbocycles. The van der Waals surface area contributed by atoms with Crippen molar-refractivity contribution in [3.63, 3.8) is 0 Å². The van der Waals surface area contributed by atoms with E-state index in [2.05, 4.69) is 20.9 Å². The maximum atomic E-state index is 5.81. The third-order valence-electron chi connectivity index (χ3n) is 2.78. The van der Waals surface area contributed by atoms with Crippen LogP contribution in [0.3, 0.4) is 0 Å². The molecule has 4 nitrogen and oxygen atoms in total. The van der Waals surface area contributed by atoms with Crippen LogP contribution in [0.2, 0.25) is 0 Å². The molecule has 2 rings (SSSR count). The van der Waals surface area contributed by atoms with Gasteiger partial charge in [0.2, 0.25) is 5.88 Å². The molecule has 0 aliphatic rings. The van der Waals surface area contributed by atoms with Crippen LogP contribution >= 0.6 is 15.9 Å². The average molecular weight is 338 g/mol. The van der Waals surface area contributed by atoms with E-state index in [1.807, 2.05) is 13.0 Å². The molecule has 2 aromatic rings. The molecule has 0 radical (unpaired) electrons. The molecule has 5 heteroatoms. The Morgan fingerprint density at radius 1 is 1.00 bits per heavy atom. The van der Waals surface area contributed by atoms with Crippen molar-refractivity contribution in [3.8, 4) is 23.1 Å². The molecular formula is C15H16BrNO3. The van der Waals surface area contributed by atoms with Crippen LogP contribution < -0.4 is 14.2 Å². The fourth-order valence-corrected chi connectivity index (χ4v) is 2.06. The number of methoxy groups -OCH3 is 2. The van der Waals surface area contributed by atoms with Gasteiger partial charge < -0.3 is 14.2 Å². The van der Waals surface area contributed by atoms with Crippen LogP contribution in [0.25, 0.3) is 0 Å². The van der Waals surface area contributed by atoms with Crippen LogP contribution in [0.5, 0.6) is 23.1 Å². The summed E-state index contributed by atoms with van der Waals surface area (Å²) in [6, 6.07) is 7.42. The summed E-state index contributed by atoms with van der Waals surface area (Å²) in [5.74, 6) is 2.55. The van der Waals surface area contributed by atoms with Crippen molar-refractivity contribution in [2.24, 2.45) is 0 Å². The molecule has 0 aliphatic heterocycles. The lowest BCUT2D eigenvalue weighted by molar-refractivity contribution is 0.384. The second-order valence-electron chi connectivity index (χ2n) is 4.25. The van der Waals surface area contributed by atoms with E-state index in [1.165, 1.54) is 0 Å². The van der Waals surface area contributed by atoms with E-state index in [1.54, 1.807) is 38.6 Å². The zero-order valence-corrected chi connectivity index (χ0v) is 13.2. The molecular weight excluding hydrogens is 322 g/mol. The highest BCUT2D eigenvalue weighted by Crippen LogP contribution is 2.31. The highest BCUT2D eigenvalue weighted by Gasteiger charge is 2.07. The number of nitrogens with zero attached hydrogens (tertiary/aromatic N) is 1. The minimum atomic E-state index is 0.574. The molecule has 106 valence electrons. The fraction of sp³-hybridized carbons (Fsp3) is 0.267. The standard InChI is InChI=1S/C15H16BrNO3/c1-10-4-11(8-16)9-17-15(10)20-14-6-12(18-2)5-13(7-14)19-3/h4-7,9H,8H2,1-3H3.